The van der Waals surface area contributed by atoms with E-state index in [9.17, 15) is 35.5 Å². The van der Waals surface area contributed by atoms with E-state index in [4.69, 9.17) is 4.74 Å². The van der Waals surface area contributed by atoms with Gasteiger partial charge in [0.15, 0.2) is 6.61 Å². The van der Waals surface area contributed by atoms with E-state index in [1.54, 1.807) is 0 Å². The standard InChI is InChI=1S/C23H15F7N2O2/c24-17-3-1-14(2-4-17)21-18-11-32(20(33)12-34-19(18)5-6-31-21)10-13-7-15(22(25,26)27)9-16(8-13)23(28,29)30/h1-9H,10-12H2. The SMILES string of the molecule is O=C1COc2ccnc(-c3ccc(F)cc3)c2CN1Cc1cc(C(F)(F)F)cc(C(F)(F)F)c1. The first-order valence-corrected chi connectivity index (χ1v) is 9.84. The number of fused-ring (bicyclic) bond motifs is 1. The predicted octanol–water partition coefficient (Wildman–Crippen LogP) is 5.85. The maximum absolute atomic E-state index is 13.3. The quantitative estimate of drug-likeness (QED) is 0.439. The van der Waals surface area contributed by atoms with E-state index in [1.165, 1.54) is 36.5 Å². The van der Waals surface area contributed by atoms with Crippen molar-refractivity contribution >= 4 is 5.91 Å². The molecule has 0 aliphatic carbocycles. The van der Waals surface area contributed by atoms with Crippen molar-refractivity contribution in [2.75, 3.05) is 6.61 Å². The van der Waals surface area contributed by atoms with Crippen LogP contribution < -0.4 is 4.74 Å². The van der Waals surface area contributed by atoms with Gasteiger partial charge in [-0.3, -0.25) is 9.78 Å². The number of nitrogens with zero attached hydrogens (tertiary/aromatic N) is 2. The zero-order valence-corrected chi connectivity index (χ0v) is 17.2. The summed E-state index contributed by atoms with van der Waals surface area (Å²) in [6, 6.07) is 8.01. The van der Waals surface area contributed by atoms with Gasteiger partial charge in [-0.25, -0.2) is 4.39 Å². The van der Waals surface area contributed by atoms with E-state index in [0.29, 0.717) is 29.0 Å². The maximum atomic E-state index is 13.3. The molecule has 178 valence electrons. The molecule has 1 aliphatic rings. The highest BCUT2D eigenvalue weighted by atomic mass is 19.4. The molecular weight excluding hydrogens is 469 g/mol. The van der Waals surface area contributed by atoms with Crippen molar-refractivity contribution in [1.29, 1.82) is 0 Å². The summed E-state index contributed by atoms with van der Waals surface area (Å²) < 4.78 is 98.2. The molecular formula is C23H15F7N2O2. The zero-order valence-electron chi connectivity index (χ0n) is 17.2. The van der Waals surface area contributed by atoms with E-state index >= 15 is 0 Å². The molecule has 0 fully saturated rings. The summed E-state index contributed by atoms with van der Waals surface area (Å²) in [6.07, 6.45) is -8.59. The fourth-order valence-corrected chi connectivity index (χ4v) is 3.60. The molecule has 4 rings (SSSR count). The van der Waals surface area contributed by atoms with Gasteiger partial charge in [-0.05, 0) is 54.1 Å². The molecule has 1 amide bonds. The summed E-state index contributed by atoms with van der Waals surface area (Å²) in [5, 5.41) is 0. The third-order valence-corrected chi connectivity index (χ3v) is 5.20. The Bertz CT molecular complexity index is 1190. The summed E-state index contributed by atoms with van der Waals surface area (Å²) in [5.41, 5.74) is -2.05. The van der Waals surface area contributed by atoms with Crippen molar-refractivity contribution in [3.05, 3.63) is 82.8 Å². The normalized spacial score (nSPS) is 14.4. The first kappa shape index (κ1) is 23.5. The third kappa shape index (κ3) is 4.97. The maximum Gasteiger partial charge on any atom is 0.416 e. The van der Waals surface area contributed by atoms with E-state index in [0.717, 1.165) is 4.90 Å². The molecule has 0 N–H and O–H groups in total. The second kappa shape index (κ2) is 8.62. The first-order chi connectivity index (χ1) is 15.9. The molecule has 11 heteroatoms. The van der Waals surface area contributed by atoms with Gasteiger partial charge in [-0.2, -0.15) is 26.3 Å². The monoisotopic (exact) mass is 484 g/mol. The lowest BCUT2D eigenvalue weighted by molar-refractivity contribution is -0.143. The highest BCUT2D eigenvalue weighted by molar-refractivity contribution is 5.79. The number of ether oxygens (including phenoxy) is 1. The number of halogens is 7. The number of aromatic nitrogens is 1. The molecule has 0 saturated heterocycles. The van der Waals surface area contributed by atoms with Crippen LogP contribution in [0.1, 0.15) is 22.3 Å². The van der Waals surface area contributed by atoms with Crippen LogP contribution >= 0.6 is 0 Å². The molecule has 34 heavy (non-hydrogen) atoms. The Morgan fingerprint density at radius 2 is 1.53 bits per heavy atom. The summed E-state index contributed by atoms with van der Waals surface area (Å²) in [5.74, 6) is -0.832. The zero-order chi connectivity index (χ0) is 24.7. The molecule has 1 aliphatic heterocycles. The van der Waals surface area contributed by atoms with Crippen LogP contribution in [0.3, 0.4) is 0 Å². The van der Waals surface area contributed by atoms with Crippen LogP contribution in [0.5, 0.6) is 5.75 Å². The van der Waals surface area contributed by atoms with Gasteiger partial charge in [0.05, 0.1) is 23.4 Å². The predicted molar refractivity (Wildman–Crippen MR) is 106 cm³/mol. The Morgan fingerprint density at radius 1 is 0.912 bits per heavy atom. The molecule has 0 unspecified atom stereocenters. The molecule has 1 aromatic heterocycles. The third-order valence-electron chi connectivity index (χ3n) is 5.20. The van der Waals surface area contributed by atoms with Crippen molar-refractivity contribution in [2.45, 2.75) is 25.4 Å². The number of benzene rings is 2. The van der Waals surface area contributed by atoms with Gasteiger partial charge in [0.25, 0.3) is 5.91 Å². The number of hydrogen-bond acceptors (Lipinski definition) is 3. The second-order valence-electron chi connectivity index (χ2n) is 7.60. The average molecular weight is 484 g/mol. The van der Waals surface area contributed by atoms with Crippen LogP contribution in [0.4, 0.5) is 30.7 Å². The van der Waals surface area contributed by atoms with Gasteiger partial charge in [-0.1, -0.05) is 0 Å². The van der Waals surface area contributed by atoms with Crippen molar-refractivity contribution < 1.29 is 40.3 Å². The number of hydrogen-bond donors (Lipinski definition) is 0. The Kier molecular flexibility index (Phi) is 5.96. The van der Waals surface area contributed by atoms with Crippen LogP contribution in [0.15, 0.2) is 54.7 Å². The summed E-state index contributed by atoms with van der Waals surface area (Å²) >= 11 is 0. The minimum Gasteiger partial charge on any atom is -0.483 e. The lowest BCUT2D eigenvalue weighted by Crippen LogP contribution is -2.32. The van der Waals surface area contributed by atoms with Crippen LogP contribution in [-0.2, 0) is 30.2 Å². The second-order valence-corrected chi connectivity index (χ2v) is 7.60. The van der Waals surface area contributed by atoms with Gasteiger partial charge >= 0.3 is 12.4 Å². The van der Waals surface area contributed by atoms with E-state index < -0.39 is 48.4 Å². The highest BCUT2D eigenvalue weighted by Gasteiger charge is 2.37. The summed E-state index contributed by atoms with van der Waals surface area (Å²) in [6.45, 7) is -1.18. The average Bonchev–Trinajstić information content (AvgIpc) is 2.92. The van der Waals surface area contributed by atoms with Crippen LogP contribution in [0.2, 0.25) is 0 Å². The largest absolute Gasteiger partial charge is 0.483 e. The van der Waals surface area contributed by atoms with Gasteiger partial charge < -0.3 is 9.64 Å². The van der Waals surface area contributed by atoms with Gasteiger partial charge in [0.1, 0.15) is 11.6 Å². The van der Waals surface area contributed by atoms with Crippen molar-refractivity contribution in [3.8, 4) is 17.0 Å². The molecule has 4 nitrogen and oxygen atoms in total. The fraction of sp³-hybridized carbons (Fsp3) is 0.217. The van der Waals surface area contributed by atoms with E-state index in [2.05, 4.69) is 4.98 Å². The summed E-state index contributed by atoms with van der Waals surface area (Å²) in [4.78, 5) is 18.0. The molecule has 0 radical (unpaired) electrons. The van der Waals surface area contributed by atoms with Gasteiger partial charge in [0, 0.05) is 23.9 Å². The smallest absolute Gasteiger partial charge is 0.416 e. The van der Waals surface area contributed by atoms with E-state index in [-0.39, 0.29) is 23.9 Å². The molecule has 0 bridgehead atoms. The van der Waals surface area contributed by atoms with Crippen LogP contribution in [0.25, 0.3) is 11.3 Å². The molecule has 0 spiro atoms. The minimum atomic E-state index is -5.01. The van der Waals surface area contributed by atoms with Gasteiger partial charge in [-0.15, -0.1) is 0 Å². The Hall–Kier alpha value is -3.63. The lowest BCUT2D eigenvalue weighted by atomic mass is 10.0. The molecule has 2 heterocycles. The lowest BCUT2D eigenvalue weighted by Gasteiger charge is -2.22. The Balaban J connectivity index is 1.72. The van der Waals surface area contributed by atoms with E-state index in [1.807, 2.05) is 0 Å². The molecule has 2 aromatic carbocycles. The van der Waals surface area contributed by atoms with Crippen LogP contribution in [-0.4, -0.2) is 22.4 Å². The fourth-order valence-electron chi connectivity index (χ4n) is 3.60. The molecule has 0 saturated carbocycles. The van der Waals surface area contributed by atoms with Crippen LogP contribution in [0, 0.1) is 5.82 Å². The Labute approximate surface area is 188 Å². The Morgan fingerprint density at radius 3 is 2.12 bits per heavy atom. The number of rotatable bonds is 3. The van der Waals surface area contributed by atoms with Crippen molar-refractivity contribution in [3.63, 3.8) is 0 Å². The number of carbonyl (C=O) groups excluding carboxylic acids is 1. The topological polar surface area (TPSA) is 42.4 Å². The van der Waals surface area contributed by atoms with Crippen molar-refractivity contribution in [1.82, 2.24) is 9.88 Å². The number of pyridine rings is 1. The minimum absolute atomic E-state index is 0.0305. The molecule has 0 atom stereocenters. The number of alkyl halides is 6. The number of amides is 1. The number of carbonyl (C=O) groups is 1. The molecule has 3 aromatic rings. The van der Waals surface area contributed by atoms with Gasteiger partial charge in [0.2, 0.25) is 0 Å². The highest BCUT2D eigenvalue weighted by Crippen LogP contribution is 2.37. The van der Waals surface area contributed by atoms with Crippen molar-refractivity contribution in [2.24, 2.45) is 0 Å². The summed E-state index contributed by atoms with van der Waals surface area (Å²) in [7, 11) is 0. The first-order valence-electron chi connectivity index (χ1n) is 9.84.